The van der Waals surface area contributed by atoms with Gasteiger partial charge in [0.1, 0.15) is 6.61 Å². The number of carbonyl (C=O) groups is 1. The van der Waals surface area contributed by atoms with Crippen LogP contribution in [-0.2, 0) is 16.1 Å². The third-order valence-electron chi connectivity index (χ3n) is 4.83. The Labute approximate surface area is 195 Å². The van der Waals surface area contributed by atoms with Crippen molar-refractivity contribution in [2.45, 2.75) is 20.5 Å². The Morgan fingerprint density at radius 2 is 1.78 bits per heavy atom. The van der Waals surface area contributed by atoms with Crippen LogP contribution in [0.25, 0.3) is 6.08 Å². The van der Waals surface area contributed by atoms with Gasteiger partial charge in [-0.3, -0.25) is 0 Å². The van der Waals surface area contributed by atoms with E-state index < -0.39 is 5.97 Å². The molecule has 3 aromatic carbocycles. The molecule has 0 bridgehead atoms. The summed E-state index contributed by atoms with van der Waals surface area (Å²) in [5.41, 5.74) is 3.93. The highest BCUT2D eigenvalue weighted by molar-refractivity contribution is 9.10. The quantitative estimate of drug-likeness (QED) is 0.296. The van der Waals surface area contributed by atoms with Crippen LogP contribution in [0.4, 0.5) is 0 Å². The summed E-state index contributed by atoms with van der Waals surface area (Å²) < 4.78 is 18.1. The van der Waals surface area contributed by atoms with Crippen LogP contribution in [0.3, 0.4) is 0 Å². The average Bonchev–Trinajstić information content (AvgIpc) is 3.15. The number of aliphatic imine (C=N–C) groups is 1. The molecule has 0 aliphatic carbocycles. The highest BCUT2D eigenvalue weighted by Gasteiger charge is 2.24. The predicted molar refractivity (Wildman–Crippen MR) is 128 cm³/mol. The second kappa shape index (κ2) is 9.83. The van der Waals surface area contributed by atoms with Gasteiger partial charge in [-0.1, -0.05) is 57.9 Å². The molecule has 0 amide bonds. The number of ether oxygens (including phenoxy) is 3. The minimum Gasteiger partial charge on any atom is -0.490 e. The molecule has 32 heavy (non-hydrogen) atoms. The molecule has 4 rings (SSSR count). The Morgan fingerprint density at radius 1 is 1.00 bits per heavy atom. The smallest absolute Gasteiger partial charge is 0.363 e. The molecule has 0 unspecified atom stereocenters. The maximum Gasteiger partial charge on any atom is 0.363 e. The summed E-state index contributed by atoms with van der Waals surface area (Å²) in [7, 11) is 0. The van der Waals surface area contributed by atoms with Crippen molar-refractivity contribution in [1.29, 1.82) is 0 Å². The van der Waals surface area contributed by atoms with Crippen molar-refractivity contribution < 1.29 is 19.0 Å². The summed E-state index contributed by atoms with van der Waals surface area (Å²) in [4.78, 5) is 16.7. The van der Waals surface area contributed by atoms with E-state index in [-0.39, 0.29) is 5.70 Å². The number of benzene rings is 3. The van der Waals surface area contributed by atoms with Crippen molar-refractivity contribution in [3.8, 4) is 11.5 Å². The van der Waals surface area contributed by atoms with E-state index in [9.17, 15) is 4.79 Å². The van der Waals surface area contributed by atoms with Crippen LogP contribution in [0, 0.1) is 6.92 Å². The normalized spacial score (nSPS) is 14.3. The molecule has 0 fully saturated rings. The second-order valence-corrected chi connectivity index (χ2v) is 8.08. The fourth-order valence-corrected chi connectivity index (χ4v) is 3.56. The van der Waals surface area contributed by atoms with Gasteiger partial charge in [0.2, 0.25) is 5.90 Å². The molecule has 1 aliphatic rings. The van der Waals surface area contributed by atoms with Gasteiger partial charge < -0.3 is 14.2 Å². The molecule has 1 heterocycles. The Kier molecular flexibility index (Phi) is 6.71. The van der Waals surface area contributed by atoms with Crippen LogP contribution < -0.4 is 9.47 Å². The lowest BCUT2D eigenvalue weighted by Gasteiger charge is -2.13. The summed E-state index contributed by atoms with van der Waals surface area (Å²) in [6, 6.07) is 21.1. The molecule has 0 N–H and O–H groups in total. The van der Waals surface area contributed by atoms with Crippen molar-refractivity contribution in [3.05, 3.63) is 99.2 Å². The third kappa shape index (κ3) is 5.08. The number of nitrogens with zero attached hydrogens (tertiary/aromatic N) is 1. The zero-order valence-corrected chi connectivity index (χ0v) is 19.4. The van der Waals surface area contributed by atoms with E-state index in [0.717, 1.165) is 26.7 Å². The fourth-order valence-electron chi connectivity index (χ4n) is 3.16. The Morgan fingerprint density at radius 3 is 2.53 bits per heavy atom. The highest BCUT2D eigenvalue weighted by Crippen LogP contribution is 2.31. The predicted octanol–water partition coefficient (Wildman–Crippen LogP) is 6.08. The van der Waals surface area contributed by atoms with E-state index in [4.69, 9.17) is 14.2 Å². The number of carbonyl (C=O) groups excluding carboxylic acids is 1. The minimum absolute atomic E-state index is 0.241. The van der Waals surface area contributed by atoms with Gasteiger partial charge in [0.25, 0.3) is 0 Å². The van der Waals surface area contributed by atoms with Crippen molar-refractivity contribution in [2.75, 3.05) is 6.61 Å². The SMILES string of the molecule is CCOc1cc(/C=C2\N=C(c3ccc(C)cc3)OC2=O)ccc1OCc1ccccc1Br. The number of esters is 1. The van der Waals surface area contributed by atoms with Crippen molar-refractivity contribution >= 4 is 33.9 Å². The zero-order chi connectivity index (χ0) is 22.5. The first-order valence-electron chi connectivity index (χ1n) is 10.3. The lowest BCUT2D eigenvalue weighted by atomic mass is 10.1. The maximum absolute atomic E-state index is 12.3. The van der Waals surface area contributed by atoms with Crippen LogP contribution in [-0.4, -0.2) is 18.5 Å². The number of aryl methyl sites for hydroxylation is 1. The van der Waals surface area contributed by atoms with Gasteiger partial charge in [0.15, 0.2) is 17.2 Å². The van der Waals surface area contributed by atoms with Crippen LogP contribution >= 0.6 is 15.9 Å². The average molecular weight is 492 g/mol. The van der Waals surface area contributed by atoms with Crippen molar-refractivity contribution in [3.63, 3.8) is 0 Å². The third-order valence-corrected chi connectivity index (χ3v) is 5.60. The van der Waals surface area contributed by atoms with Crippen molar-refractivity contribution in [2.24, 2.45) is 4.99 Å². The maximum atomic E-state index is 12.3. The minimum atomic E-state index is -0.479. The first kappa shape index (κ1) is 21.8. The van der Waals surface area contributed by atoms with Gasteiger partial charge in [-0.2, -0.15) is 0 Å². The van der Waals surface area contributed by atoms with Crippen LogP contribution in [0.2, 0.25) is 0 Å². The zero-order valence-electron chi connectivity index (χ0n) is 17.8. The molecule has 6 heteroatoms. The summed E-state index contributed by atoms with van der Waals surface area (Å²) in [5.74, 6) is 1.05. The van der Waals surface area contributed by atoms with E-state index in [1.165, 1.54) is 0 Å². The number of hydrogen-bond acceptors (Lipinski definition) is 5. The first-order chi connectivity index (χ1) is 15.5. The molecule has 0 atom stereocenters. The number of rotatable bonds is 7. The topological polar surface area (TPSA) is 57.1 Å². The molecular weight excluding hydrogens is 470 g/mol. The monoisotopic (exact) mass is 491 g/mol. The van der Waals surface area contributed by atoms with E-state index in [1.54, 1.807) is 6.08 Å². The molecule has 3 aromatic rings. The van der Waals surface area contributed by atoms with Gasteiger partial charge in [0.05, 0.1) is 6.61 Å². The van der Waals surface area contributed by atoms with Gasteiger partial charge >= 0.3 is 5.97 Å². The van der Waals surface area contributed by atoms with Crippen LogP contribution in [0.5, 0.6) is 11.5 Å². The number of halogens is 1. The Balaban J connectivity index is 1.56. The number of hydrogen-bond donors (Lipinski definition) is 0. The fraction of sp³-hybridized carbons (Fsp3) is 0.154. The largest absolute Gasteiger partial charge is 0.490 e. The van der Waals surface area contributed by atoms with E-state index in [0.29, 0.717) is 30.6 Å². The summed E-state index contributed by atoms with van der Waals surface area (Å²) in [6.07, 6.45) is 1.68. The van der Waals surface area contributed by atoms with Gasteiger partial charge in [0, 0.05) is 15.6 Å². The van der Waals surface area contributed by atoms with E-state index in [1.807, 2.05) is 80.6 Å². The van der Waals surface area contributed by atoms with Gasteiger partial charge in [-0.15, -0.1) is 0 Å². The molecule has 5 nitrogen and oxygen atoms in total. The van der Waals surface area contributed by atoms with Gasteiger partial charge in [-0.25, -0.2) is 9.79 Å². The first-order valence-corrected chi connectivity index (χ1v) is 11.1. The molecule has 0 spiro atoms. The van der Waals surface area contributed by atoms with E-state index in [2.05, 4.69) is 20.9 Å². The highest BCUT2D eigenvalue weighted by atomic mass is 79.9. The van der Waals surface area contributed by atoms with Crippen molar-refractivity contribution in [1.82, 2.24) is 0 Å². The summed E-state index contributed by atoms with van der Waals surface area (Å²) in [5, 5.41) is 0. The Bertz CT molecular complexity index is 1200. The summed E-state index contributed by atoms with van der Waals surface area (Å²) in [6.45, 7) is 4.80. The van der Waals surface area contributed by atoms with Crippen LogP contribution in [0.1, 0.15) is 29.2 Å². The Hall–Kier alpha value is -3.38. The molecule has 0 radical (unpaired) electrons. The molecule has 162 valence electrons. The molecular formula is C26H22BrNO4. The molecule has 1 aliphatic heterocycles. The number of cyclic esters (lactones) is 1. The molecule has 0 saturated heterocycles. The van der Waals surface area contributed by atoms with E-state index >= 15 is 0 Å². The molecule has 0 aromatic heterocycles. The lowest BCUT2D eigenvalue weighted by Crippen LogP contribution is -2.05. The van der Waals surface area contributed by atoms with Gasteiger partial charge in [-0.05, 0) is 55.8 Å². The van der Waals surface area contributed by atoms with Crippen LogP contribution in [0.15, 0.2) is 81.9 Å². The molecule has 0 saturated carbocycles. The lowest BCUT2D eigenvalue weighted by molar-refractivity contribution is -0.129. The standard InChI is InChI=1S/C26H22BrNO4/c1-3-30-24-15-18(10-13-23(24)31-16-20-6-4-5-7-21(20)27)14-22-26(29)32-25(28-22)19-11-8-17(2)9-12-19/h4-15H,3,16H2,1-2H3/b22-14-. The summed E-state index contributed by atoms with van der Waals surface area (Å²) >= 11 is 3.54. The second-order valence-electron chi connectivity index (χ2n) is 7.22.